The molecule has 0 aliphatic carbocycles. The van der Waals surface area contributed by atoms with Crippen molar-refractivity contribution in [2.24, 2.45) is 0 Å². The fourth-order valence-electron chi connectivity index (χ4n) is 1.34. The zero-order chi connectivity index (χ0) is 10.3. The number of rotatable bonds is 10. The minimum atomic E-state index is 1.03. The third-order valence-corrected chi connectivity index (χ3v) is 7.29. The Balaban J connectivity index is 1.23. The van der Waals surface area contributed by atoms with Crippen LogP contribution >= 0.6 is 47.0 Å². The van der Waals surface area contributed by atoms with E-state index in [2.05, 4.69) is 47.0 Å². The van der Waals surface area contributed by atoms with Crippen LogP contribution in [0.15, 0.2) is 0 Å². The summed E-state index contributed by atoms with van der Waals surface area (Å²) >= 11 is 8.59. The molecule has 0 spiro atoms. The van der Waals surface area contributed by atoms with Crippen LogP contribution < -0.4 is 0 Å². The van der Waals surface area contributed by atoms with Gasteiger partial charge >= 0.3 is 0 Å². The summed E-state index contributed by atoms with van der Waals surface area (Å²) in [6.45, 7) is 0. The van der Waals surface area contributed by atoms with Gasteiger partial charge in [-0.05, 0) is 24.3 Å². The molecule has 88 valence electrons. The molecule has 2 rings (SSSR count). The number of hydrogen-bond acceptors (Lipinski definition) is 4. The molecule has 2 atom stereocenters. The normalized spacial score (nSPS) is 28.0. The molecule has 0 bridgehead atoms. The molecule has 2 fully saturated rings. The second-order valence-corrected chi connectivity index (χ2v) is 9.09. The lowest BCUT2D eigenvalue weighted by Crippen LogP contribution is -1.92. The van der Waals surface area contributed by atoms with Crippen LogP contribution in [0.3, 0.4) is 0 Å². The van der Waals surface area contributed by atoms with E-state index in [4.69, 9.17) is 0 Å². The number of unbranched alkanes of at least 4 members (excludes halogenated alkanes) is 2. The SMILES string of the molecule is C(CCSCC1CS1)CCSCC1CS1. The van der Waals surface area contributed by atoms with E-state index < -0.39 is 0 Å². The summed E-state index contributed by atoms with van der Waals surface area (Å²) in [5.41, 5.74) is 0. The molecular formula is C11H20S4. The van der Waals surface area contributed by atoms with Crippen molar-refractivity contribution in [3.05, 3.63) is 0 Å². The van der Waals surface area contributed by atoms with Crippen molar-refractivity contribution in [1.29, 1.82) is 0 Å². The van der Waals surface area contributed by atoms with Gasteiger partial charge in [-0.15, -0.1) is 0 Å². The molecule has 0 amide bonds. The Morgan fingerprint density at radius 2 is 1.27 bits per heavy atom. The molecular weight excluding hydrogens is 260 g/mol. The van der Waals surface area contributed by atoms with Crippen LogP contribution in [0, 0.1) is 0 Å². The quantitative estimate of drug-likeness (QED) is 0.440. The minimum absolute atomic E-state index is 1.03. The predicted molar refractivity (Wildman–Crippen MR) is 81.0 cm³/mol. The number of hydrogen-bond donors (Lipinski definition) is 0. The van der Waals surface area contributed by atoms with E-state index in [1.807, 2.05) is 0 Å². The Hall–Kier alpha value is 1.40. The molecule has 2 unspecified atom stereocenters. The number of thioether (sulfide) groups is 4. The van der Waals surface area contributed by atoms with Gasteiger partial charge in [0.1, 0.15) is 0 Å². The summed E-state index contributed by atoms with van der Waals surface area (Å²) in [6, 6.07) is 0. The first-order chi connectivity index (χ1) is 7.45. The van der Waals surface area contributed by atoms with E-state index in [-0.39, 0.29) is 0 Å². The van der Waals surface area contributed by atoms with E-state index >= 15 is 0 Å². The molecule has 4 heteroatoms. The summed E-state index contributed by atoms with van der Waals surface area (Å²) in [4.78, 5) is 0. The van der Waals surface area contributed by atoms with E-state index in [0.717, 1.165) is 10.5 Å². The Kier molecular flexibility index (Phi) is 6.57. The van der Waals surface area contributed by atoms with Crippen LogP contribution in [0.1, 0.15) is 19.3 Å². The van der Waals surface area contributed by atoms with Crippen molar-refractivity contribution in [2.75, 3.05) is 34.5 Å². The van der Waals surface area contributed by atoms with Gasteiger partial charge in [-0.2, -0.15) is 47.0 Å². The molecule has 0 radical (unpaired) electrons. The van der Waals surface area contributed by atoms with Crippen molar-refractivity contribution < 1.29 is 0 Å². The molecule has 0 aromatic rings. The predicted octanol–water partition coefficient (Wildman–Crippen LogP) is 3.85. The van der Waals surface area contributed by atoms with Gasteiger partial charge in [0.15, 0.2) is 0 Å². The first kappa shape index (κ1) is 12.8. The van der Waals surface area contributed by atoms with E-state index in [9.17, 15) is 0 Å². The average Bonchev–Trinajstić information content (AvgIpc) is 3.10. The Morgan fingerprint density at radius 3 is 1.67 bits per heavy atom. The van der Waals surface area contributed by atoms with E-state index in [1.165, 1.54) is 53.8 Å². The summed E-state index contributed by atoms with van der Waals surface area (Å²) < 4.78 is 0. The van der Waals surface area contributed by atoms with Crippen LogP contribution in [0.2, 0.25) is 0 Å². The maximum absolute atomic E-state index is 2.17. The molecule has 0 nitrogen and oxygen atoms in total. The molecule has 15 heavy (non-hydrogen) atoms. The maximum Gasteiger partial charge on any atom is 0.0229 e. The van der Waals surface area contributed by atoms with Crippen molar-refractivity contribution >= 4 is 47.0 Å². The third kappa shape index (κ3) is 7.35. The van der Waals surface area contributed by atoms with Crippen LogP contribution in [-0.4, -0.2) is 45.0 Å². The molecule has 2 aliphatic heterocycles. The second kappa shape index (κ2) is 7.67. The lowest BCUT2D eigenvalue weighted by Gasteiger charge is -2.01. The van der Waals surface area contributed by atoms with Crippen molar-refractivity contribution in [3.63, 3.8) is 0 Å². The van der Waals surface area contributed by atoms with Crippen molar-refractivity contribution in [1.82, 2.24) is 0 Å². The topological polar surface area (TPSA) is 0 Å². The summed E-state index contributed by atoms with van der Waals surface area (Å²) in [5.74, 6) is 8.50. The highest BCUT2D eigenvalue weighted by Gasteiger charge is 2.22. The van der Waals surface area contributed by atoms with Gasteiger partial charge in [-0.1, -0.05) is 6.42 Å². The van der Waals surface area contributed by atoms with Gasteiger partial charge in [0.2, 0.25) is 0 Å². The third-order valence-electron chi connectivity index (χ3n) is 2.49. The molecule has 0 aromatic carbocycles. The first-order valence-electron chi connectivity index (χ1n) is 5.84. The molecule has 2 aliphatic rings. The van der Waals surface area contributed by atoms with Gasteiger partial charge < -0.3 is 0 Å². The highest BCUT2D eigenvalue weighted by Crippen LogP contribution is 2.33. The van der Waals surface area contributed by atoms with Gasteiger partial charge in [0.05, 0.1) is 0 Å². The fraction of sp³-hybridized carbons (Fsp3) is 1.00. The Morgan fingerprint density at radius 1 is 0.800 bits per heavy atom. The molecule has 0 saturated carbocycles. The Bertz CT molecular complexity index is 148. The molecule has 2 saturated heterocycles. The van der Waals surface area contributed by atoms with E-state index in [1.54, 1.807) is 0 Å². The van der Waals surface area contributed by atoms with E-state index in [0.29, 0.717) is 0 Å². The second-order valence-electron chi connectivity index (χ2n) is 4.12. The largest absolute Gasteiger partial charge is 0.161 e. The van der Waals surface area contributed by atoms with Crippen LogP contribution in [0.25, 0.3) is 0 Å². The zero-order valence-corrected chi connectivity index (χ0v) is 12.4. The van der Waals surface area contributed by atoms with Crippen LogP contribution in [0.4, 0.5) is 0 Å². The van der Waals surface area contributed by atoms with Crippen LogP contribution in [-0.2, 0) is 0 Å². The van der Waals surface area contributed by atoms with Gasteiger partial charge in [-0.3, -0.25) is 0 Å². The molecule has 2 heterocycles. The zero-order valence-electron chi connectivity index (χ0n) is 9.15. The van der Waals surface area contributed by atoms with Crippen molar-refractivity contribution in [2.45, 2.75) is 29.8 Å². The van der Waals surface area contributed by atoms with Crippen molar-refractivity contribution in [3.8, 4) is 0 Å². The van der Waals surface area contributed by atoms with Gasteiger partial charge in [0.25, 0.3) is 0 Å². The smallest absolute Gasteiger partial charge is 0.0229 e. The van der Waals surface area contributed by atoms with Gasteiger partial charge in [-0.25, -0.2) is 0 Å². The summed E-state index contributed by atoms with van der Waals surface area (Å²) in [5, 5.41) is 2.06. The molecule has 0 aromatic heterocycles. The highest BCUT2D eigenvalue weighted by molar-refractivity contribution is 8.09. The minimum Gasteiger partial charge on any atom is -0.161 e. The summed E-state index contributed by atoms with van der Waals surface area (Å²) in [6.07, 6.45) is 4.34. The maximum atomic E-state index is 2.17. The summed E-state index contributed by atoms with van der Waals surface area (Å²) in [7, 11) is 0. The monoisotopic (exact) mass is 280 g/mol. The average molecular weight is 281 g/mol. The standard InChI is InChI=1S/C11H20S4/c1(2-4-12-6-10-8-14-10)3-5-13-7-11-9-15-11/h10-11H,1-9H2. The fourth-order valence-corrected chi connectivity index (χ4v) is 5.41. The van der Waals surface area contributed by atoms with Crippen LogP contribution in [0.5, 0.6) is 0 Å². The first-order valence-corrected chi connectivity index (χ1v) is 10.2. The van der Waals surface area contributed by atoms with Gasteiger partial charge in [0, 0.05) is 33.5 Å². The highest BCUT2D eigenvalue weighted by atomic mass is 32.2. The lowest BCUT2D eigenvalue weighted by atomic mass is 10.3. The molecule has 0 N–H and O–H groups in total. The Labute approximate surface area is 111 Å². The lowest BCUT2D eigenvalue weighted by molar-refractivity contribution is 0.785.